The maximum absolute atomic E-state index is 14.4. The van der Waals surface area contributed by atoms with Crippen LogP contribution in [0.2, 0.25) is 0 Å². The molecule has 1 unspecified atom stereocenters. The van der Waals surface area contributed by atoms with Gasteiger partial charge >= 0.3 is 0 Å². The Morgan fingerprint density at radius 1 is 1.34 bits per heavy atom. The molecule has 0 aliphatic carbocycles. The molecule has 5 aromatic heterocycles. The van der Waals surface area contributed by atoms with Gasteiger partial charge in [0.1, 0.15) is 17.4 Å². The van der Waals surface area contributed by atoms with E-state index in [-0.39, 0.29) is 18.0 Å². The van der Waals surface area contributed by atoms with Crippen molar-refractivity contribution >= 4 is 11.4 Å². The summed E-state index contributed by atoms with van der Waals surface area (Å²) in [6.07, 6.45) is 3.37. The van der Waals surface area contributed by atoms with E-state index in [9.17, 15) is 18.0 Å². The Morgan fingerprint density at radius 2 is 2.20 bits per heavy atom. The third-order valence-corrected chi connectivity index (χ3v) is 5.94. The van der Waals surface area contributed by atoms with Crippen LogP contribution in [-0.2, 0) is 13.5 Å². The predicted octanol–water partition coefficient (Wildman–Crippen LogP) is 3.31. The molecule has 1 aliphatic heterocycles. The number of rotatable bonds is 4. The number of hydrogen-bond donors (Lipinski definition) is 1. The molecule has 178 valence electrons. The molecule has 0 spiro atoms. The molecular formula is C22H17F3N8O2. The highest BCUT2D eigenvalue weighted by Gasteiger charge is 2.40. The highest BCUT2D eigenvalue weighted by molar-refractivity contribution is 5.93. The highest BCUT2D eigenvalue weighted by Crippen LogP contribution is 2.37. The molecule has 5 aromatic rings. The van der Waals surface area contributed by atoms with Gasteiger partial charge in [-0.1, -0.05) is 0 Å². The topological polar surface area (TPSA) is 110 Å². The molecule has 0 fully saturated rings. The van der Waals surface area contributed by atoms with Crippen LogP contribution < -0.4 is 0 Å². The highest BCUT2D eigenvalue weighted by atomic mass is 19.3. The fraction of sp³-hybridized carbons (Fsp3) is 0.227. The number of oxazole rings is 1. The number of nitrogens with zero attached hydrogens (tertiary/aromatic N) is 7. The van der Waals surface area contributed by atoms with Crippen LogP contribution >= 0.6 is 0 Å². The Labute approximate surface area is 195 Å². The first-order valence-electron chi connectivity index (χ1n) is 10.7. The van der Waals surface area contributed by atoms with Crippen molar-refractivity contribution in [3.8, 4) is 11.5 Å². The smallest absolute Gasteiger partial charge is 0.292 e. The molecule has 13 heteroatoms. The number of carbonyl (C=O) groups excluding carboxylic acids is 1. The molecule has 0 bridgehead atoms. The van der Waals surface area contributed by atoms with Gasteiger partial charge in [0, 0.05) is 38.1 Å². The van der Waals surface area contributed by atoms with Crippen LogP contribution in [0, 0.1) is 5.82 Å². The number of nitrogens with one attached hydrogen (secondary N) is 1. The zero-order valence-electron chi connectivity index (χ0n) is 18.2. The summed E-state index contributed by atoms with van der Waals surface area (Å²) in [5, 5.41) is 8.43. The standard InChI is InChI=1S/C22H17F3N8O2/c1-31-9-11(8-28-31)21-29-17(20(24)25)19(35-21)22(34)32-6-4-13-16(27-10-26-13)18(32)14-7-15-12(23)3-2-5-33(15)30-14/h2-3,5,7-10,18,20H,4,6H2,1H3,(H,26,27). The van der Waals surface area contributed by atoms with Gasteiger partial charge in [-0.15, -0.1) is 0 Å². The van der Waals surface area contributed by atoms with Crippen LogP contribution in [0.15, 0.2) is 47.5 Å². The number of fused-ring (bicyclic) bond motifs is 2. The fourth-order valence-electron chi connectivity index (χ4n) is 4.35. The van der Waals surface area contributed by atoms with Gasteiger partial charge < -0.3 is 14.3 Å². The van der Waals surface area contributed by atoms with Crippen LogP contribution in [0.3, 0.4) is 0 Å². The number of imidazole rings is 1. The maximum atomic E-state index is 14.4. The van der Waals surface area contributed by atoms with Gasteiger partial charge in [0.15, 0.2) is 5.69 Å². The summed E-state index contributed by atoms with van der Waals surface area (Å²) < 4.78 is 50.5. The molecule has 6 rings (SSSR count). The third-order valence-electron chi connectivity index (χ3n) is 5.94. The lowest BCUT2D eigenvalue weighted by Crippen LogP contribution is -2.41. The number of hydrogen-bond acceptors (Lipinski definition) is 6. The third kappa shape index (κ3) is 3.38. The Morgan fingerprint density at radius 3 is 2.94 bits per heavy atom. The van der Waals surface area contributed by atoms with Gasteiger partial charge in [0.2, 0.25) is 11.7 Å². The van der Waals surface area contributed by atoms with Gasteiger partial charge in [-0.25, -0.2) is 27.7 Å². The van der Waals surface area contributed by atoms with E-state index in [1.807, 2.05) is 0 Å². The average Bonchev–Trinajstić information content (AvgIpc) is 3.62. The lowest BCUT2D eigenvalue weighted by atomic mass is 9.99. The number of H-pyrrole nitrogens is 1. The maximum Gasteiger partial charge on any atom is 0.292 e. The quantitative estimate of drug-likeness (QED) is 0.421. The summed E-state index contributed by atoms with van der Waals surface area (Å²) in [6, 6.07) is 3.47. The largest absolute Gasteiger partial charge is 0.430 e. The minimum atomic E-state index is -3.04. The van der Waals surface area contributed by atoms with Crippen molar-refractivity contribution in [2.24, 2.45) is 7.05 Å². The molecule has 1 aliphatic rings. The number of carbonyl (C=O) groups is 1. The first-order valence-corrected chi connectivity index (χ1v) is 10.7. The lowest BCUT2D eigenvalue weighted by molar-refractivity contribution is 0.0640. The molecule has 0 aromatic carbocycles. The van der Waals surface area contributed by atoms with Crippen LogP contribution in [0.5, 0.6) is 0 Å². The molecule has 6 heterocycles. The van der Waals surface area contributed by atoms with Crippen molar-refractivity contribution < 1.29 is 22.4 Å². The summed E-state index contributed by atoms with van der Waals surface area (Å²) >= 11 is 0. The normalized spacial score (nSPS) is 15.8. The summed E-state index contributed by atoms with van der Waals surface area (Å²) in [5.74, 6) is -1.99. The van der Waals surface area contributed by atoms with Crippen molar-refractivity contribution in [3.05, 3.63) is 77.5 Å². The molecule has 35 heavy (non-hydrogen) atoms. The van der Waals surface area contributed by atoms with E-state index in [4.69, 9.17) is 4.42 Å². The molecule has 10 nitrogen and oxygen atoms in total. The number of alkyl halides is 2. The fourth-order valence-corrected chi connectivity index (χ4v) is 4.35. The average molecular weight is 482 g/mol. The van der Waals surface area contributed by atoms with Gasteiger partial charge in [0.25, 0.3) is 12.3 Å². The second-order valence-electron chi connectivity index (χ2n) is 8.11. The summed E-state index contributed by atoms with van der Waals surface area (Å²) in [7, 11) is 1.66. The first kappa shape index (κ1) is 21.1. The van der Waals surface area contributed by atoms with Crippen molar-refractivity contribution in [1.82, 2.24) is 39.2 Å². The molecule has 1 atom stereocenters. The number of amides is 1. The monoisotopic (exact) mass is 482 g/mol. The van der Waals surface area contributed by atoms with Crippen LogP contribution in [0.4, 0.5) is 13.2 Å². The molecule has 1 N–H and O–H groups in total. The van der Waals surface area contributed by atoms with E-state index in [1.165, 1.54) is 44.8 Å². The number of aryl methyl sites for hydroxylation is 1. The van der Waals surface area contributed by atoms with Crippen LogP contribution in [0.1, 0.15) is 45.8 Å². The van der Waals surface area contributed by atoms with E-state index in [2.05, 4.69) is 25.1 Å². The van der Waals surface area contributed by atoms with Crippen molar-refractivity contribution in [2.45, 2.75) is 18.9 Å². The molecule has 0 saturated heterocycles. The van der Waals surface area contributed by atoms with Crippen LogP contribution in [0.25, 0.3) is 17.0 Å². The second kappa shape index (κ2) is 7.82. The second-order valence-corrected chi connectivity index (χ2v) is 8.11. The van der Waals surface area contributed by atoms with Crippen LogP contribution in [-0.4, -0.2) is 51.7 Å². The Bertz CT molecular complexity index is 1570. The zero-order chi connectivity index (χ0) is 24.3. The number of pyridine rings is 1. The van der Waals surface area contributed by atoms with Crippen molar-refractivity contribution in [3.63, 3.8) is 0 Å². The SMILES string of the molecule is Cn1cc(-c2nc(C(F)F)c(C(=O)N3CCc4[nH]cnc4C3c3cc4c(F)cccn4n3)o2)cn1. The number of aromatic nitrogens is 7. The summed E-state index contributed by atoms with van der Waals surface area (Å²) in [6.45, 7) is 0.167. The van der Waals surface area contributed by atoms with Crippen molar-refractivity contribution in [2.75, 3.05) is 6.54 Å². The van der Waals surface area contributed by atoms with E-state index in [1.54, 1.807) is 19.4 Å². The molecule has 0 saturated carbocycles. The lowest BCUT2D eigenvalue weighted by Gasteiger charge is -2.33. The van der Waals surface area contributed by atoms with E-state index < -0.39 is 35.6 Å². The van der Waals surface area contributed by atoms with Crippen molar-refractivity contribution in [1.29, 1.82) is 0 Å². The molecular weight excluding hydrogens is 465 g/mol. The van der Waals surface area contributed by atoms with Gasteiger partial charge in [0.05, 0.1) is 29.5 Å². The Kier molecular flexibility index (Phi) is 4.72. The molecule has 1 amide bonds. The summed E-state index contributed by atoms with van der Waals surface area (Å²) in [4.78, 5) is 26.3. The zero-order valence-corrected chi connectivity index (χ0v) is 18.2. The van der Waals surface area contributed by atoms with E-state index >= 15 is 0 Å². The van der Waals surface area contributed by atoms with Gasteiger partial charge in [-0.2, -0.15) is 10.2 Å². The first-order chi connectivity index (χ1) is 16.9. The Balaban J connectivity index is 1.46. The van der Waals surface area contributed by atoms with Gasteiger partial charge in [-0.05, 0) is 18.2 Å². The van der Waals surface area contributed by atoms with E-state index in [0.717, 1.165) is 5.69 Å². The Hall–Kier alpha value is -4.42. The minimum absolute atomic E-state index is 0.138. The summed E-state index contributed by atoms with van der Waals surface area (Å²) in [5.41, 5.74) is 1.42. The minimum Gasteiger partial charge on any atom is -0.430 e. The number of aromatic amines is 1. The predicted molar refractivity (Wildman–Crippen MR) is 114 cm³/mol. The number of halogens is 3. The van der Waals surface area contributed by atoms with Gasteiger partial charge in [-0.3, -0.25) is 9.48 Å². The molecule has 0 radical (unpaired) electrons. The van der Waals surface area contributed by atoms with E-state index in [0.29, 0.717) is 23.4 Å².